The summed E-state index contributed by atoms with van der Waals surface area (Å²) in [6.07, 6.45) is -2.10. The Morgan fingerprint density at radius 1 is 1.12 bits per heavy atom. The first-order valence-corrected chi connectivity index (χ1v) is 12.2. The molecule has 2 N–H and O–H groups in total. The van der Waals surface area contributed by atoms with Crippen molar-refractivity contribution in [3.8, 4) is 0 Å². The molecule has 34 heavy (non-hydrogen) atoms. The summed E-state index contributed by atoms with van der Waals surface area (Å²) < 4.78 is 25.9. The normalized spacial score (nSPS) is 47.7. The van der Waals surface area contributed by atoms with Gasteiger partial charge in [-0.05, 0) is 48.9 Å². The highest BCUT2D eigenvalue weighted by Crippen LogP contribution is 2.68. The number of hydrogen-bond donors (Lipinski definition) is 2. The predicted octanol–water partition coefficient (Wildman–Crippen LogP) is 1.92. The molecule has 4 saturated carbocycles. The van der Waals surface area contributed by atoms with Crippen LogP contribution in [0.1, 0.15) is 66.2 Å². The van der Waals surface area contributed by atoms with E-state index in [9.17, 15) is 29.4 Å². The van der Waals surface area contributed by atoms with Crippen LogP contribution in [0, 0.1) is 34.5 Å². The first kappa shape index (κ1) is 25.2. The lowest BCUT2D eigenvalue weighted by Crippen LogP contribution is -2.66. The van der Waals surface area contributed by atoms with Crippen molar-refractivity contribution < 1.29 is 43.3 Å². The second-order valence-corrected chi connectivity index (χ2v) is 11.4. The molecular formula is C25H35FO8. The van der Waals surface area contributed by atoms with E-state index in [-0.39, 0.29) is 43.3 Å². The SMILES string of the molecule is CC(=O)OCC(=O)C1(O)C(OC(C)=O)CC2C3CC(F)C4CC(=O)CCC4(C)C3C(O)CC21C. The van der Waals surface area contributed by atoms with Crippen molar-refractivity contribution in [3.05, 3.63) is 0 Å². The number of Topliss-reactive ketones (excluding diaryl/α,β-unsaturated/α-hetero) is 2. The van der Waals surface area contributed by atoms with Crippen LogP contribution in [0.25, 0.3) is 0 Å². The summed E-state index contributed by atoms with van der Waals surface area (Å²) in [5.41, 5.74) is -4.01. The van der Waals surface area contributed by atoms with Crippen molar-refractivity contribution in [1.82, 2.24) is 0 Å². The highest BCUT2D eigenvalue weighted by atomic mass is 19.1. The van der Waals surface area contributed by atoms with E-state index >= 15 is 4.39 Å². The number of carbonyl (C=O) groups is 4. The molecule has 0 amide bonds. The van der Waals surface area contributed by atoms with Crippen molar-refractivity contribution in [1.29, 1.82) is 0 Å². The van der Waals surface area contributed by atoms with Crippen LogP contribution in [0.5, 0.6) is 0 Å². The van der Waals surface area contributed by atoms with Gasteiger partial charge in [0.1, 0.15) is 18.1 Å². The van der Waals surface area contributed by atoms with Gasteiger partial charge < -0.3 is 19.7 Å². The Bertz CT molecular complexity index is 905. The maximum atomic E-state index is 15.6. The van der Waals surface area contributed by atoms with Crippen LogP contribution in [0.4, 0.5) is 4.39 Å². The number of esters is 2. The topological polar surface area (TPSA) is 127 Å². The van der Waals surface area contributed by atoms with Crippen molar-refractivity contribution in [3.63, 3.8) is 0 Å². The minimum Gasteiger partial charge on any atom is -0.459 e. The van der Waals surface area contributed by atoms with Crippen molar-refractivity contribution >= 4 is 23.5 Å². The number of rotatable bonds is 4. The molecule has 0 saturated heterocycles. The molecule has 0 spiro atoms. The lowest BCUT2D eigenvalue weighted by atomic mass is 9.43. The molecule has 10 atom stereocenters. The lowest BCUT2D eigenvalue weighted by Gasteiger charge is -2.62. The van der Waals surface area contributed by atoms with E-state index in [1.54, 1.807) is 6.92 Å². The van der Waals surface area contributed by atoms with Gasteiger partial charge in [0.15, 0.2) is 12.2 Å². The summed E-state index contributed by atoms with van der Waals surface area (Å²) in [6, 6.07) is 0. The van der Waals surface area contributed by atoms with E-state index in [0.29, 0.717) is 12.8 Å². The van der Waals surface area contributed by atoms with Crippen LogP contribution in [0.2, 0.25) is 0 Å². The van der Waals surface area contributed by atoms with E-state index in [2.05, 4.69) is 0 Å². The van der Waals surface area contributed by atoms with E-state index in [1.165, 1.54) is 6.92 Å². The molecule has 4 fully saturated rings. The van der Waals surface area contributed by atoms with Gasteiger partial charge in [-0.3, -0.25) is 19.2 Å². The molecule has 0 bridgehead atoms. The maximum absolute atomic E-state index is 15.6. The fourth-order valence-electron chi connectivity index (χ4n) is 8.27. The monoisotopic (exact) mass is 482 g/mol. The molecular weight excluding hydrogens is 447 g/mol. The summed E-state index contributed by atoms with van der Waals surface area (Å²) >= 11 is 0. The Balaban J connectivity index is 1.75. The van der Waals surface area contributed by atoms with Gasteiger partial charge in [0, 0.05) is 38.0 Å². The summed E-state index contributed by atoms with van der Waals surface area (Å²) in [4.78, 5) is 48.6. The van der Waals surface area contributed by atoms with E-state index in [0.717, 1.165) is 6.92 Å². The minimum atomic E-state index is -2.20. The minimum absolute atomic E-state index is 0.0416. The molecule has 0 radical (unpaired) electrons. The summed E-state index contributed by atoms with van der Waals surface area (Å²) in [6.45, 7) is 5.27. The third-order valence-electron chi connectivity index (χ3n) is 9.72. The highest BCUT2D eigenvalue weighted by Gasteiger charge is 2.74. The van der Waals surface area contributed by atoms with Crippen LogP contribution in [-0.2, 0) is 28.7 Å². The third-order valence-corrected chi connectivity index (χ3v) is 9.72. The molecule has 0 aromatic rings. The number of fused-ring (bicyclic) bond motifs is 5. The number of alkyl halides is 1. The fourth-order valence-corrected chi connectivity index (χ4v) is 8.27. The van der Waals surface area contributed by atoms with Gasteiger partial charge in [0.05, 0.1) is 6.10 Å². The van der Waals surface area contributed by atoms with E-state index < -0.39 is 71.0 Å². The molecule has 9 heteroatoms. The number of carbonyl (C=O) groups excluding carboxylic acids is 4. The van der Waals surface area contributed by atoms with Gasteiger partial charge in [-0.25, -0.2) is 4.39 Å². The largest absolute Gasteiger partial charge is 0.459 e. The average molecular weight is 483 g/mol. The Morgan fingerprint density at radius 3 is 2.41 bits per heavy atom. The number of ether oxygens (including phenoxy) is 2. The molecule has 0 aliphatic heterocycles. The van der Waals surface area contributed by atoms with Gasteiger partial charge in [-0.2, -0.15) is 0 Å². The molecule has 10 unspecified atom stereocenters. The van der Waals surface area contributed by atoms with Gasteiger partial charge >= 0.3 is 11.9 Å². The lowest BCUT2D eigenvalue weighted by molar-refractivity contribution is -0.216. The highest BCUT2D eigenvalue weighted by molar-refractivity contribution is 5.92. The van der Waals surface area contributed by atoms with Crippen molar-refractivity contribution in [2.45, 2.75) is 90.2 Å². The number of ketones is 2. The zero-order valence-electron chi connectivity index (χ0n) is 20.2. The van der Waals surface area contributed by atoms with Crippen LogP contribution >= 0.6 is 0 Å². The Hall–Kier alpha value is -1.87. The molecule has 0 aromatic heterocycles. The molecule has 0 heterocycles. The van der Waals surface area contributed by atoms with Crippen LogP contribution in [0.3, 0.4) is 0 Å². The Labute approximate surface area is 198 Å². The average Bonchev–Trinajstić information content (AvgIpc) is 2.95. The number of halogens is 1. The Morgan fingerprint density at radius 2 is 1.79 bits per heavy atom. The zero-order chi connectivity index (χ0) is 25.2. The van der Waals surface area contributed by atoms with Gasteiger partial charge in [0.2, 0.25) is 5.78 Å². The molecule has 8 nitrogen and oxygen atoms in total. The number of aliphatic hydroxyl groups excluding tert-OH is 1. The van der Waals surface area contributed by atoms with E-state index in [1.807, 2.05) is 6.92 Å². The number of hydrogen-bond acceptors (Lipinski definition) is 8. The smallest absolute Gasteiger partial charge is 0.303 e. The second-order valence-electron chi connectivity index (χ2n) is 11.4. The first-order valence-electron chi connectivity index (χ1n) is 12.2. The summed E-state index contributed by atoms with van der Waals surface area (Å²) in [7, 11) is 0. The second kappa shape index (κ2) is 8.36. The predicted molar refractivity (Wildman–Crippen MR) is 116 cm³/mol. The van der Waals surface area contributed by atoms with Gasteiger partial charge in [-0.15, -0.1) is 0 Å². The fraction of sp³-hybridized carbons (Fsp3) is 0.840. The quantitative estimate of drug-likeness (QED) is 0.582. The molecule has 4 aliphatic rings. The zero-order valence-corrected chi connectivity index (χ0v) is 20.2. The van der Waals surface area contributed by atoms with E-state index in [4.69, 9.17) is 9.47 Å². The maximum Gasteiger partial charge on any atom is 0.303 e. The molecule has 190 valence electrons. The van der Waals surface area contributed by atoms with Crippen molar-refractivity contribution in [2.24, 2.45) is 34.5 Å². The standard InChI is InChI=1S/C25H35FO8/c1-12(27)33-11-20(31)25(32)21(34-13(2)28)9-16-15-8-18(26)17-7-14(29)5-6-23(17,3)22(15)19(30)10-24(16,25)4/h15-19,21-22,30,32H,5-11H2,1-4H3. The first-order chi connectivity index (χ1) is 15.8. The van der Waals surface area contributed by atoms with Crippen LogP contribution in [0.15, 0.2) is 0 Å². The summed E-state index contributed by atoms with van der Waals surface area (Å²) in [5, 5.41) is 23.3. The Kier molecular flexibility index (Phi) is 6.21. The van der Waals surface area contributed by atoms with Gasteiger partial charge in [-0.1, -0.05) is 13.8 Å². The molecule has 4 rings (SSSR count). The molecule has 4 aliphatic carbocycles. The van der Waals surface area contributed by atoms with Crippen LogP contribution in [-0.4, -0.2) is 64.3 Å². The van der Waals surface area contributed by atoms with Gasteiger partial charge in [0.25, 0.3) is 0 Å². The number of aliphatic hydroxyl groups is 2. The van der Waals surface area contributed by atoms with Crippen molar-refractivity contribution in [2.75, 3.05) is 6.61 Å². The summed E-state index contributed by atoms with van der Waals surface area (Å²) in [5.74, 6) is -3.68. The molecule has 0 aromatic carbocycles. The third kappa shape index (κ3) is 3.53. The van der Waals surface area contributed by atoms with Crippen LogP contribution < -0.4 is 0 Å².